The number of carbonyl (C=O) groups is 2. The average Bonchev–Trinajstić information content (AvgIpc) is 3.39. The molecule has 1 aliphatic rings. The van der Waals surface area contributed by atoms with Gasteiger partial charge in [-0.3, -0.25) is 14.5 Å². The molecular weight excluding hydrogens is 370 g/mol. The summed E-state index contributed by atoms with van der Waals surface area (Å²) in [6.07, 6.45) is 3.18. The topological polar surface area (TPSA) is 115 Å². The Bertz CT molecular complexity index is 791. The van der Waals surface area contributed by atoms with Crippen LogP contribution in [0, 0.1) is 5.92 Å². The van der Waals surface area contributed by atoms with Gasteiger partial charge in [0.2, 0.25) is 16.9 Å². The number of carbonyl (C=O) groups excluding carboxylic acids is 2. The zero-order valence-corrected chi connectivity index (χ0v) is 16.2. The third kappa shape index (κ3) is 4.66. The van der Waals surface area contributed by atoms with Gasteiger partial charge in [-0.25, -0.2) is 0 Å². The Labute approximate surface area is 160 Å². The number of ether oxygens (including phenoxy) is 1. The molecule has 1 N–H and O–H groups in total. The highest BCUT2D eigenvalue weighted by atomic mass is 32.1. The van der Waals surface area contributed by atoms with Crippen LogP contribution in [-0.4, -0.2) is 63.6 Å². The number of nitrogens with one attached hydrogen (secondary N) is 1. The first-order valence-electron chi connectivity index (χ1n) is 8.88. The molecule has 2 aromatic heterocycles. The molecule has 0 radical (unpaired) electrons. The third-order valence-corrected chi connectivity index (χ3v) is 5.46. The first-order valence-corrected chi connectivity index (χ1v) is 9.70. The SMILES string of the molecule is CCc1nnc(N2CC(C(=O)NCCc3nncn3CCOC)CC2=O)s1. The number of hydrogen-bond donors (Lipinski definition) is 1. The van der Waals surface area contributed by atoms with Gasteiger partial charge in [-0.1, -0.05) is 18.3 Å². The van der Waals surface area contributed by atoms with Crippen LogP contribution in [0.1, 0.15) is 24.2 Å². The minimum absolute atomic E-state index is 0.0896. The lowest BCUT2D eigenvalue weighted by atomic mass is 10.1. The van der Waals surface area contributed by atoms with Crippen LogP contribution in [0.5, 0.6) is 0 Å². The van der Waals surface area contributed by atoms with Crippen molar-refractivity contribution in [3.63, 3.8) is 0 Å². The third-order valence-electron chi connectivity index (χ3n) is 4.37. The summed E-state index contributed by atoms with van der Waals surface area (Å²) < 4.78 is 6.95. The molecule has 146 valence electrons. The number of aryl methyl sites for hydroxylation is 1. The maximum atomic E-state index is 12.4. The second kappa shape index (κ2) is 9.00. The number of nitrogens with zero attached hydrogens (tertiary/aromatic N) is 6. The molecule has 3 heterocycles. The summed E-state index contributed by atoms with van der Waals surface area (Å²) in [6.45, 7) is 4.01. The van der Waals surface area contributed by atoms with Gasteiger partial charge in [-0.05, 0) is 6.42 Å². The van der Waals surface area contributed by atoms with Crippen LogP contribution in [0.4, 0.5) is 5.13 Å². The van der Waals surface area contributed by atoms with Crippen molar-refractivity contribution < 1.29 is 14.3 Å². The van der Waals surface area contributed by atoms with Gasteiger partial charge < -0.3 is 14.6 Å². The minimum Gasteiger partial charge on any atom is -0.383 e. The van der Waals surface area contributed by atoms with E-state index in [1.54, 1.807) is 18.3 Å². The lowest BCUT2D eigenvalue weighted by molar-refractivity contribution is -0.126. The van der Waals surface area contributed by atoms with Crippen molar-refractivity contribution >= 4 is 28.3 Å². The summed E-state index contributed by atoms with van der Waals surface area (Å²) in [5, 5.41) is 20.4. The van der Waals surface area contributed by atoms with Gasteiger partial charge in [0.15, 0.2) is 0 Å². The van der Waals surface area contributed by atoms with Crippen molar-refractivity contribution in [2.24, 2.45) is 5.92 Å². The molecule has 0 aromatic carbocycles. The molecule has 10 nitrogen and oxygen atoms in total. The second-order valence-corrected chi connectivity index (χ2v) is 7.25. The molecule has 1 unspecified atom stereocenters. The summed E-state index contributed by atoms with van der Waals surface area (Å²) in [7, 11) is 1.64. The number of rotatable bonds is 9. The van der Waals surface area contributed by atoms with E-state index in [0.717, 1.165) is 17.3 Å². The molecule has 2 aromatic rings. The summed E-state index contributed by atoms with van der Waals surface area (Å²) in [6, 6.07) is 0. The van der Waals surface area contributed by atoms with Gasteiger partial charge in [0, 0.05) is 39.6 Å². The van der Waals surface area contributed by atoms with Crippen LogP contribution in [0.3, 0.4) is 0 Å². The predicted octanol–water partition coefficient (Wildman–Crippen LogP) is 0.0502. The van der Waals surface area contributed by atoms with E-state index in [1.165, 1.54) is 11.3 Å². The number of amides is 2. The second-order valence-electron chi connectivity index (χ2n) is 6.21. The number of anilines is 1. The van der Waals surface area contributed by atoms with E-state index in [1.807, 2.05) is 11.5 Å². The molecule has 3 rings (SSSR count). The minimum atomic E-state index is -0.377. The van der Waals surface area contributed by atoms with Gasteiger partial charge in [0.25, 0.3) is 0 Å². The van der Waals surface area contributed by atoms with Crippen molar-refractivity contribution in [1.29, 1.82) is 0 Å². The van der Waals surface area contributed by atoms with E-state index in [2.05, 4.69) is 25.7 Å². The largest absolute Gasteiger partial charge is 0.383 e. The summed E-state index contributed by atoms with van der Waals surface area (Å²) in [5.41, 5.74) is 0. The van der Waals surface area contributed by atoms with Crippen LogP contribution in [0.25, 0.3) is 0 Å². The van der Waals surface area contributed by atoms with Gasteiger partial charge in [-0.2, -0.15) is 0 Å². The molecule has 0 bridgehead atoms. The summed E-state index contributed by atoms with van der Waals surface area (Å²) in [4.78, 5) is 26.2. The molecule has 0 aliphatic carbocycles. The zero-order valence-electron chi connectivity index (χ0n) is 15.4. The molecule has 0 spiro atoms. The van der Waals surface area contributed by atoms with Crippen molar-refractivity contribution in [2.45, 2.75) is 32.7 Å². The van der Waals surface area contributed by atoms with E-state index < -0.39 is 0 Å². The van der Waals surface area contributed by atoms with Crippen LogP contribution in [0.15, 0.2) is 6.33 Å². The molecule has 1 saturated heterocycles. The van der Waals surface area contributed by atoms with Crippen molar-refractivity contribution in [3.8, 4) is 0 Å². The van der Waals surface area contributed by atoms with E-state index in [0.29, 0.717) is 37.8 Å². The normalized spacial score (nSPS) is 16.9. The highest BCUT2D eigenvalue weighted by Gasteiger charge is 2.36. The van der Waals surface area contributed by atoms with E-state index in [9.17, 15) is 9.59 Å². The molecule has 1 atom stereocenters. The maximum absolute atomic E-state index is 12.4. The zero-order chi connectivity index (χ0) is 19.2. The number of methoxy groups -OCH3 is 1. The fraction of sp³-hybridized carbons (Fsp3) is 0.625. The van der Waals surface area contributed by atoms with Crippen LogP contribution in [-0.2, 0) is 33.7 Å². The van der Waals surface area contributed by atoms with Gasteiger partial charge >= 0.3 is 0 Å². The highest BCUT2D eigenvalue weighted by Crippen LogP contribution is 2.28. The average molecular weight is 393 g/mol. The Kier molecular flexibility index (Phi) is 6.45. The Morgan fingerprint density at radius 1 is 1.41 bits per heavy atom. The molecule has 27 heavy (non-hydrogen) atoms. The smallest absolute Gasteiger partial charge is 0.229 e. The molecule has 0 saturated carbocycles. The fourth-order valence-corrected chi connectivity index (χ4v) is 3.66. The van der Waals surface area contributed by atoms with Gasteiger partial charge in [0.1, 0.15) is 17.2 Å². The molecule has 1 fully saturated rings. The molecule has 11 heteroatoms. The van der Waals surface area contributed by atoms with Gasteiger partial charge in [0.05, 0.1) is 12.5 Å². The van der Waals surface area contributed by atoms with E-state index in [4.69, 9.17) is 4.74 Å². The van der Waals surface area contributed by atoms with Crippen molar-refractivity contribution in [1.82, 2.24) is 30.3 Å². The monoisotopic (exact) mass is 393 g/mol. The molecule has 1 aliphatic heterocycles. The Hall–Kier alpha value is -2.40. The predicted molar refractivity (Wildman–Crippen MR) is 98.4 cm³/mol. The fourth-order valence-electron chi connectivity index (χ4n) is 2.86. The molecule has 2 amide bonds. The van der Waals surface area contributed by atoms with Gasteiger partial charge in [-0.15, -0.1) is 20.4 Å². The quantitative estimate of drug-likeness (QED) is 0.640. The molecular formula is C16H23N7O3S. The highest BCUT2D eigenvalue weighted by molar-refractivity contribution is 7.15. The Balaban J connectivity index is 1.49. The Morgan fingerprint density at radius 2 is 2.26 bits per heavy atom. The standard InChI is InChI=1S/C16H23N7O3S/c1-3-13-20-21-16(27-13)23-9-11(8-14(23)24)15(25)17-5-4-12-19-18-10-22(12)6-7-26-2/h10-11H,3-9H2,1-2H3,(H,17,25). The Morgan fingerprint density at radius 3 is 3.00 bits per heavy atom. The van der Waals surface area contributed by atoms with Crippen LogP contribution >= 0.6 is 11.3 Å². The summed E-state index contributed by atoms with van der Waals surface area (Å²) in [5.74, 6) is 0.192. The van der Waals surface area contributed by atoms with E-state index >= 15 is 0 Å². The lowest BCUT2D eigenvalue weighted by Crippen LogP contribution is -2.34. The van der Waals surface area contributed by atoms with Crippen LogP contribution < -0.4 is 10.2 Å². The van der Waals surface area contributed by atoms with E-state index in [-0.39, 0.29) is 24.2 Å². The first kappa shape index (κ1) is 19.4. The van der Waals surface area contributed by atoms with Crippen LogP contribution in [0.2, 0.25) is 0 Å². The lowest BCUT2D eigenvalue weighted by Gasteiger charge is -2.12. The van der Waals surface area contributed by atoms with Crippen molar-refractivity contribution in [2.75, 3.05) is 31.7 Å². The summed E-state index contributed by atoms with van der Waals surface area (Å²) >= 11 is 1.39. The first-order chi connectivity index (χ1) is 13.1. The van der Waals surface area contributed by atoms with Crippen molar-refractivity contribution in [3.05, 3.63) is 17.2 Å². The number of hydrogen-bond acceptors (Lipinski definition) is 8. The number of aromatic nitrogens is 5. The maximum Gasteiger partial charge on any atom is 0.229 e.